The van der Waals surface area contributed by atoms with Crippen LogP contribution < -0.4 is 10.2 Å². The van der Waals surface area contributed by atoms with Crippen molar-refractivity contribution in [1.82, 2.24) is 10.3 Å². The standard InChI is InChI=1S/C11H17N3/c1-9-4-3-5-13-11(9)14-7-10(8-14)6-12-2/h3-5,10,12H,6-8H2,1-2H3. The van der Waals surface area contributed by atoms with Gasteiger partial charge in [-0.15, -0.1) is 0 Å². The summed E-state index contributed by atoms with van der Waals surface area (Å²) in [5.74, 6) is 1.95. The monoisotopic (exact) mass is 191 g/mol. The number of nitrogens with one attached hydrogen (secondary N) is 1. The van der Waals surface area contributed by atoms with Crippen molar-refractivity contribution in [2.75, 3.05) is 31.6 Å². The van der Waals surface area contributed by atoms with Crippen molar-refractivity contribution in [2.45, 2.75) is 6.92 Å². The molecule has 1 saturated heterocycles. The van der Waals surface area contributed by atoms with Crippen LogP contribution in [0.15, 0.2) is 18.3 Å². The normalized spacial score (nSPS) is 16.9. The van der Waals surface area contributed by atoms with E-state index in [1.54, 1.807) is 0 Å². The van der Waals surface area contributed by atoms with Gasteiger partial charge in [0.2, 0.25) is 0 Å². The van der Waals surface area contributed by atoms with Crippen molar-refractivity contribution in [3.63, 3.8) is 0 Å². The van der Waals surface area contributed by atoms with Crippen LogP contribution in [0, 0.1) is 12.8 Å². The zero-order valence-electron chi connectivity index (χ0n) is 8.83. The average molecular weight is 191 g/mol. The maximum Gasteiger partial charge on any atom is 0.131 e. The Morgan fingerprint density at radius 3 is 3.00 bits per heavy atom. The van der Waals surface area contributed by atoms with Gasteiger partial charge in [0.1, 0.15) is 5.82 Å². The molecule has 1 aromatic rings. The van der Waals surface area contributed by atoms with E-state index < -0.39 is 0 Å². The lowest BCUT2D eigenvalue weighted by Gasteiger charge is -2.40. The third-order valence-corrected chi connectivity index (χ3v) is 2.73. The summed E-state index contributed by atoms with van der Waals surface area (Å²) in [7, 11) is 2.01. The maximum absolute atomic E-state index is 4.40. The number of rotatable bonds is 3. The molecular weight excluding hydrogens is 174 g/mol. The van der Waals surface area contributed by atoms with Crippen LogP contribution >= 0.6 is 0 Å². The first kappa shape index (κ1) is 9.46. The average Bonchev–Trinajstić information content (AvgIpc) is 2.12. The van der Waals surface area contributed by atoms with Crippen LogP contribution in [0.5, 0.6) is 0 Å². The molecular formula is C11H17N3. The van der Waals surface area contributed by atoms with Crippen molar-refractivity contribution in [1.29, 1.82) is 0 Å². The second-order valence-electron chi connectivity index (χ2n) is 3.97. The molecule has 0 aliphatic carbocycles. The Hall–Kier alpha value is -1.09. The highest BCUT2D eigenvalue weighted by Gasteiger charge is 2.27. The first-order chi connectivity index (χ1) is 6.81. The number of nitrogens with zero attached hydrogens (tertiary/aromatic N) is 2. The van der Waals surface area contributed by atoms with Crippen LogP contribution in [0.3, 0.4) is 0 Å². The second kappa shape index (κ2) is 3.96. The molecule has 1 aromatic heterocycles. The van der Waals surface area contributed by atoms with E-state index in [-0.39, 0.29) is 0 Å². The molecule has 14 heavy (non-hydrogen) atoms. The highest BCUT2D eigenvalue weighted by molar-refractivity contribution is 5.48. The zero-order valence-corrected chi connectivity index (χ0v) is 8.83. The van der Waals surface area contributed by atoms with E-state index in [2.05, 4.69) is 28.2 Å². The molecule has 0 radical (unpaired) electrons. The minimum Gasteiger partial charge on any atom is -0.356 e. The van der Waals surface area contributed by atoms with Gasteiger partial charge in [-0.25, -0.2) is 4.98 Å². The Labute approximate surface area is 85.1 Å². The number of hydrogen-bond acceptors (Lipinski definition) is 3. The van der Waals surface area contributed by atoms with Crippen molar-refractivity contribution in [3.8, 4) is 0 Å². The molecule has 1 aliphatic heterocycles. The van der Waals surface area contributed by atoms with Gasteiger partial charge < -0.3 is 10.2 Å². The van der Waals surface area contributed by atoms with E-state index in [0.29, 0.717) is 0 Å². The summed E-state index contributed by atoms with van der Waals surface area (Å²) in [6, 6.07) is 4.11. The molecule has 3 nitrogen and oxygen atoms in total. The van der Waals surface area contributed by atoms with Crippen molar-refractivity contribution in [3.05, 3.63) is 23.9 Å². The molecule has 3 heteroatoms. The number of aryl methyl sites for hydroxylation is 1. The molecule has 0 spiro atoms. The minimum atomic E-state index is 0.793. The SMILES string of the molecule is CNCC1CN(c2ncccc2C)C1. The van der Waals surface area contributed by atoms with Crippen LogP contribution in [0.25, 0.3) is 0 Å². The van der Waals surface area contributed by atoms with E-state index in [0.717, 1.165) is 31.4 Å². The van der Waals surface area contributed by atoms with Crippen LogP contribution in [-0.4, -0.2) is 31.7 Å². The van der Waals surface area contributed by atoms with Crippen LogP contribution in [-0.2, 0) is 0 Å². The number of hydrogen-bond donors (Lipinski definition) is 1. The third-order valence-electron chi connectivity index (χ3n) is 2.73. The second-order valence-corrected chi connectivity index (χ2v) is 3.97. The van der Waals surface area contributed by atoms with E-state index in [4.69, 9.17) is 0 Å². The molecule has 0 aromatic carbocycles. The number of pyridine rings is 1. The molecule has 0 saturated carbocycles. The Bertz CT molecular complexity index is 305. The summed E-state index contributed by atoms with van der Waals surface area (Å²) in [6.07, 6.45) is 1.87. The lowest BCUT2D eigenvalue weighted by Crippen LogP contribution is -2.51. The van der Waals surface area contributed by atoms with Gasteiger partial charge in [-0.1, -0.05) is 6.07 Å². The van der Waals surface area contributed by atoms with E-state index in [1.165, 1.54) is 5.56 Å². The molecule has 1 fully saturated rings. The predicted molar refractivity (Wildman–Crippen MR) is 58.6 cm³/mol. The fourth-order valence-electron chi connectivity index (χ4n) is 1.97. The van der Waals surface area contributed by atoms with Crippen molar-refractivity contribution >= 4 is 5.82 Å². The van der Waals surface area contributed by atoms with Gasteiger partial charge in [0.05, 0.1) is 0 Å². The fourth-order valence-corrected chi connectivity index (χ4v) is 1.97. The molecule has 0 atom stereocenters. The van der Waals surface area contributed by atoms with Gasteiger partial charge in [-0.3, -0.25) is 0 Å². The van der Waals surface area contributed by atoms with E-state index >= 15 is 0 Å². The van der Waals surface area contributed by atoms with Crippen LogP contribution in [0.2, 0.25) is 0 Å². The topological polar surface area (TPSA) is 28.2 Å². The van der Waals surface area contributed by atoms with Gasteiger partial charge in [0, 0.05) is 31.7 Å². The van der Waals surface area contributed by atoms with Crippen LogP contribution in [0.1, 0.15) is 5.56 Å². The predicted octanol–water partition coefficient (Wildman–Crippen LogP) is 1.05. The molecule has 0 bridgehead atoms. The van der Waals surface area contributed by atoms with Gasteiger partial charge in [0.15, 0.2) is 0 Å². The fraction of sp³-hybridized carbons (Fsp3) is 0.545. The van der Waals surface area contributed by atoms with Crippen molar-refractivity contribution in [2.24, 2.45) is 5.92 Å². The largest absolute Gasteiger partial charge is 0.356 e. The summed E-state index contributed by atoms with van der Waals surface area (Å²) < 4.78 is 0. The summed E-state index contributed by atoms with van der Waals surface area (Å²) in [4.78, 5) is 6.74. The Morgan fingerprint density at radius 2 is 2.36 bits per heavy atom. The van der Waals surface area contributed by atoms with E-state index in [9.17, 15) is 0 Å². The van der Waals surface area contributed by atoms with Gasteiger partial charge in [0.25, 0.3) is 0 Å². The van der Waals surface area contributed by atoms with Gasteiger partial charge in [-0.2, -0.15) is 0 Å². The summed E-state index contributed by atoms with van der Waals surface area (Å²) in [6.45, 7) is 5.51. The molecule has 1 aliphatic rings. The number of anilines is 1. The van der Waals surface area contributed by atoms with Gasteiger partial charge in [-0.05, 0) is 25.6 Å². The molecule has 2 heterocycles. The lowest BCUT2D eigenvalue weighted by atomic mass is 10.00. The summed E-state index contributed by atoms with van der Waals surface area (Å²) >= 11 is 0. The Morgan fingerprint density at radius 1 is 1.57 bits per heavy atom. The molecule has 1 N–H and O–H groups in total. The third kappa shape index (κ3) is 1.73. The zero-order chi connectivity index (χ0) is 9.97. The quantitative estimate of drug-likeness (QED) is 0.774. The molecule has 0 unspecified atom stereocenters. The van der Waals surface area contributed by atoms with E-state index in [1.807, 2.05) is 19.3 Å². The first-order valence-electron chi connectivity index (χ1n) is 5.12. The molecule has 0 amide bonds. The van der Waals surface area contributed by atoms with Gasteiger partial charge >= 0.3 is 0 Å². The highest BCUT2D eigenvalue weighted by atomic mass is 15.2. The lowest BCUT2D eigenvalue weighted by molar-refractivity contribution is 0.393. The van der Waals surface area contributed by atoms with Crippen LogP contribution in [0.4, 0.5) is 5.82 Å². The summed E-state index contributed by atoms with van der Waals surface area (Å²) in [5, 5.41) is 3.21. The highest BCUT2D eigenvalue weighted by Crippen LogP contribution is 2.24. The van der Waals surface area contributed by atoms with Crippen molar-refractivity contribution < 1.29 is 0 Å². The Balaban J connectivity index is 1.96. The molecule has 76 valence electrons. The maximum atomic E-state index is 4.40. The minimum absolute atomic E-state index is 0.793. The molecule has 2 rings (SSSR count). The summed E-state index contributed by atoms with van der Waals surface area (Å²) in [5.41, 5.74) is 1.27. The smallest absolute Gasteiger partial charge is 0.131 e. The Kier molecular flexibility index (Phi) is 2.68. The first-order valence-corrected chi connectivity index (χ1v) is 5.12. The number of aromatic nitrogens is 1.